The van der Waals surface area contributed by atoms with Gasteiger partial charge < -0.3 is 14.6 Å². The Bertz CT molecular complexity index is 372. The molecule has 0 aromatic rings. The molecule has 1 atom stereocenters. The molecule has 0 saturated heterocycles. The minimum Gasteiger partial charge on any atom is -0.481 e. The van der Waals surface area contributed by atoms with Crippen molar-refractivity contribution in [2.24, 2.45) is 5.92 Å². The van der Waals surface area contributed by atoms with Crippen LogP contribution in [0.4, 0.5) is 0 Å². The predicted molar refractivity (Wildman–Crippen MR) is 72.0 cm³/mol. The third-order valence-corrected chi connectivity index (χ3v) is 1.99. The molecule has 20 heavy (non-hydrogen) atoms. The van der Waals surface area contributed by atoms with Crippen molar-refractivity contribution < 1.29 is 29.0 Å². The van der Waals surface area contributed by atoms with Gasteiger partial charge in [0.1, 0.15) is 11.2 Å². The highest BCUT2D eigenvalue weighted by Crippen LogP contribution is 2.19. The number of carbonyl (C=O) groups excluding carboxylic acids is 2. The Kier molecular flexibility index (Phi) is 6.19. The van der Waals surface area contributed by atoms with Crippen LogP contribution in [0.15, 0.2) is 0 Å². The van der Waals surface area contributed by atoms with Crippen LogP contribution in [0, 0.1) is 5.92 Å². The maximum atomic E-state index is 11.9. The van der Waals surface area contributed by atoms with Crippen molar-refractivity contribution in [1.82, 2.24) is 0 Å². The Morgan fingerprint density at radius 2 is 1.35 bits per heavy atom. The van der Waals surface area contributed by atoms with Crippen LogP contribution in [0.3, 0.4) is 0 Å². The standard InChI is InChI=1S/C14H24O6/c1-13(2,3)19-11(17)8-9(7-10(15)16)12(18)20-14(4,5)6/h9H,7-8H2,1-6H3,(H,15,16)/t9-/m1/s1. The smallest absolute Gasteiger partial charge is 0.310 e. The first-order valence-electron chi connectivity index (χ1n) is 6.46. The van der Waals surface area contributed by atoms with Crippen LogP contribution in [0.2, 0.25) is 0 Å². The summed E-state index contributed by atoms with van der Waals surface area (Å²) >= 11 is 0. The molecule has 1 N–H and O–H groups in total. The van der Waals surface area contributed by atoms with Gasteiger partial charge in [-0.05, 0) is 41.5 Å². The fraction of sp³-hybridized carbons (Fsp3) is 0.786. The average molecular weight is 288 g/mol. The highest BCUT2D eigenvalue weighted by atomic mass is 16.6. The Morgan fingerprint density at radius 1 is 0.900 bits per heavy atom. The number of carboxylic acid groups (broad SMARTS) is 1. The summed E-state index contributed by atoms with van der Waals surface area (Å²) in [7, 11) is 0. The molecule has 116 valence electrons. The lowest BCUT2D eigenvalue weighted by atomic mass is 10.0. The van der Waals surface area contributed by atoms with Gasteiger partial charge in [0.15, 0.2) is 0 Å². The zero-order valence-electron chi connectivity index (χ0n) is 13.0. The highest BCUT2D eigenvalue weighted by molar-refractivity contribution is 5.84. The minimum atomic E-state index is -1.16. The number of ether oxygens (including phenoxy) is 2. The minimum absolute atomic E-state index is 0.307. The third-order valence-electron chi connectivity index (χ3n) is 1.99. The number of rotatable bonds is 5. The Labute approximate surface area is 119 Å². The Balaban J connectivity index is 4.77. The van der Waals surface area contributed by atoms with E-state index < -0.39 is 41.4 Å². The molecule has 0 spiro atoms. The molecule has 0 fully saturated rings. The van der Waals surface area contributed by atoms with Gasteiger partial charge in [-0.2, -0.15) is 0 Å². The molecule has 0 aliphatic heterocycles. The molecule has 6 nitrogen and oxygen atoms in total. The summed E-state index contributed by atoms with van der Waals surface area (Å²) in [5.41, 5.74) is -1.42. The average Bonchev–Trinajstić information content (AvgIpc) is 2.09. The van der Waals surface area contributed by atoms with Gasteiger partial charge in [0, 0.05) is 0 Å². The van der Waals surface area contributed by atoms with Gasteiger partial charge in [0.25, 0.3) is 0 Å². The number of hydrogen-bond acceptors (Lipinski definition) is 5. The second kappa shape index (κ2) is 6.72. The van der Waals surface area contributed by atoms with Gasteiger partial charge in [-0.3, -0.25) is 14.4 Å². The van der Waals surface area contributed by atoms with Crippen LogP contribution < -0.4 is 0 Å². The maximum absolute atomic E-state index is 11.9. The lowest BCUT2D eigenvalue weighted by molar-refractivity contribution is -0.169. The summed E-state index contributed by atoms with van der Waals surface area (Å²) < 4.78 is 10.2. The molecule has 0 unspecified atom stereocenters. The van der Waals surface area contributed by atoms with Gasteiger partial charge in [0.2, 0.25) is 0 Å². The molecule has 0 radical (unpaired) electrons. The van der Waals surface area contributed by atoms with E-state index in [0.29, 0.717) is 0 Å². The molecule has 0 heterocycles. The molecule has 0 amide bonds. The van der Waals surface area contributed by atoms with E-state index in [2.05, 4.69) is 0 Å². The molecular weight excluding hydrogens is 264 g/mol. The van der Waals surface area contributed by atoms with Crippen LogP contribution in [0.5, 0.6) is 0 Å². The molecule has 0 aromatic carbocycles. The van der Waals surface area contributed by atoms with E-state index in [1.807, 2.05) is 0 Å². The van der Waals surface area contributed by atoms with Crippen molar-refractivity contribution in [2.75, 3.05) is 0 Å². The second-order valence-electron chi connectivity index (χ2n) is 6.62. The first-order valence-corrected chi connectivity index (χ1v) is 6.46. The lowest BCUT2D eigenvalue weighted by Crippen LogP contribution is -2.33. The molecular formula is C14H24O6. The van der Waals surface area contributed by atoms with E-state index in [4.69, 9.17) is 14.6 Å². The van der Waals surface area contributed by atoms with Crippen molar-refractivity contribution in [3.63, 3.8) is 0 Å². The number of carboxylic acids is 1. The molecule has 0 aliphatic carbocycles. The van der Waals surface area contributed by atoms with Gasteiger partial charge >= 0.3 is 17.9 Å². The van der Waals surface area contributed by atoms with E-state index in [9.17, 15) is 14.4 Å². The van der Waals surface area contributed by atoms with Crippen LogP contribution in [-0.2, 0) is 23.9 Å². The largest absolute Gasteiger partial charge is 0.481 e. The van der Waals surface area contributed by atoms with Gasteiger partial charge in [-0.1, -0.05) is 0 Å². The van der Waals surface area contributed by atoms with E-state index in [0.717, 1.165) is 0 Å². The van der Waals surface area contributed by atoms with Crippen molar-refractivity contribution in [3.8, 4) is 0 Å². The van der Waals surface area contributed by atoms with Crippen molar-refractivity contribution in [1.29, 1.82) is 0 Å². The van der Waals surface area contributed by atoms with Crippen LogP contribution in [-0.4, -0.2) is 34.2 Å². The van der Waals surface area contributed by atoms with Crippen LogP contribution >= 0.6 is 0 Å². The van der Waals surface area contributed by atoms with E-state index >= 15 is 0 Å². The summed E-state index contributed by atoms with van der Waals surface area (Å²) in [6, 6.07) is 0. The summed E-state index contributed by atoms with van der Waals surface area (Å²) in [6.45, 7) is 10.1. The third kappa shape index (κ3) is 9.35. The number of aliphatic carboxylic acids is 1. The zero-order chi connectivity index (χ0) is 16.1. The zero-order valence-corrected chi connectivity index (χ0v) is 13.0. The van der Waals surface area contributed by atoms with E-state index in [1.54, 1.807) is 41.5 Å². The predicted octanol–water partition coefficient (Wildman–Crippen LogP) is 2.15. The van der Waals surface area contributed by atoms with Gasteiger partial charge in [0.05, 0.1) is 18.8 Å². The van der Waals surface area contributed by atoms with Crippen molar-refractivity contribution in [2.45, 2.75) is 65.6 Å². The molecule has 0 saturated carbocycles. The Hall–Kier alpha value is -1.59. The van der Waals surface area contributed by atoms with E-state index in [1.165, 1.54) is 0 Å². The maximum Gasteiger partial charge on any atom is 0.310 e. The summed E-state index contributed by atoms with van der Waals surface area (Å²) in [4.78, 5) is 34.4. The van der Waals surface area contributed by atoms with Crippen molar-refractivity contribution in [3.05, 3.63) is 0 Å². The second-order valence-corrected chi connectivity index (χ2v) is 6.62. The quantitative estimate of drug-likeness (QED) is 0.780. The molecule has 0 aromatic heterocycles. The molecule has 6 heteroatoms. The SMILES string of the molecule is CC(C)(C)OC(=O)C[C@@H](CC(=O)O)C(=O)OC(C)(C)C. The molecule has 0 bridgehead atoms. The summed E-state index contributed by atoms with van der Waals surface area (Å²) in [6.07, 6.45) is -0.771. The monoisotopic (exact) mass is 288 g/mol. The topological polar surface area (TPSA) is 89.9 Å². The number of carbonyl (C=O) groups is 3. The molecule has 0 aliphatic rings. The van der Waals surface area contributed by atoms with Gasteiger partial charge in [-0.25, -0.2) is 0 Å². The molecule has 0 rings (SSSR count). The van der Waals surface area contributed by atoms with Crippen molar-refractivity contribution >= 4 is 17.9 Å². The lowest BCUT2D eigenvalue weighted by Gasteiger charge is -2.24. The van der Waals surface area contributed by atoms with Crippen LogP contribution in [0.1, 0.15) is 54.4 Å². The number of hydrogen-bond donors (Lipinski definition) is 1. The first kappa shape index (κ1) is 18.4. The first-order chi connectivity index (χ1) is 8.80. The Morgan fingerprint density at radius 3 is 1.70 bits per heavy atom. The summed E-state index contributed by atoms with van der Waals surface area (Å²) in [5.74, 6) is -3.52. The van der Waals surface area contributed by atoms with Gasteiger partial charge in [-0.15, -0.1) is 0 Å². The van der Waals surface area contributed by atoms with E-state index in [-0.39, 0.29) is 6.42 Å². The normalized spacial score (nSPS) is 13.5. The number of esters is 2. The van der Waals surface area contributed by atoms with Crippen LogP contribution in [0.25, 0.3) is 0 Å². The fourth-order valence-electron chi connectivity index (χ4n) is 1.42. The highest BCUT2D eigenvalue weighted by Gasteiger charge is 2.31. The fourth-order valence-corrected chi connectivity index (χ4v) is 1.42. The summed E-state index contributed by atoms with van der Waals surface area (Å²) in [5, 5.41) is 8.82.